The van der Waals surface area contributed by atoms with Crippen molar-refractivity contribution in [3.63, 3.8) is 0 Å². The van der Waals surface area contributed by atoms with E-state index in [4.69, 9.17) is 9.47 Å². The van der Waals surface area contributed by atoms with Crippen LogP contribution in [-0.2, 0) is 22.3 Å². The van der Waals surface area contributed by atoms with Gasteiger partial charge in [0.1, 0.15) is 0 Å². The van der Waals surface area contributed by atoms with Gasteiger partial charge in [-0.15, -0.1) is 0 Å². The molecule has 2 heterocycles. The molecule has 1 atom stereocenters. The first-order chi connectivity index (χ1) is 20.0. The Kier molecular flexibility index (Phi) is 6.87. The number of para-hydroxylation sites is 2. The van der Waals surface area contributed by atoms with Gasteiger partial charge in [0.15, 0.2) is 17.3 Å². The standard InChI is InChI=1S/C32H30F3N3O4/c1-31(2)14-23-29(25(39)15-31)30(20-8-10-21(11-9-20)32(33,34)35)38(24-6-4-3-5-22(24)37-23)17-28(40)36-16-19-7-12-26-27(13-19)42-18-41-26/h3-13,30,37H,14-18H2,1-2H3,(H,36,40). The fraction of sp³-hybridized carbons (Fsp3) is 0.312. The highest BCUT2D eigenvalue weighted by Gasteiger charge is 2.42. The van der Waals surface area contributed by atoms with Crippen LogP contribution >= 0.6 is 0 Å². The number of halogens is 3. The lowest BCUT2D eigenvalue weighted by Gasteiger charge is -2.38. The lowest BCUT2D eigenvalue weighted by molar-refractivity contribution is -0.137. The molecular weight excluding hydrogens is 547 g/mol. The molecule has 0 fully saturated rings. The lowest BCUT2D eigenvalue weighted by atomic mass is 9.73. The molecule has 2 aliphatic heterocycles. The van der Waals surface area contributed by atoms with E-state index in [0.717, 1.165) is 23.4 Å². The van der Waals surface area contributed by atoms with Crippen LogP contribution in [0.25, 0.3) is 0 Å². The molecule has 3 aromatic rings. The number of nitrogens with zero attached hydrogens (tertiary/aromatic N) is 1. The predicted octanol–water partition coefficient (Wildman–Crippen LogP) is 6.37. The number of hydrogen-bond acceptors (Lipinski definition) is 6. The molecule has 3 aromatic carbocycles. The zero-order valence-corrected chi connectivity index (χ0v) is 23.2. The van der Waals surface area contributed by atoms with Gasteiger partial charge in [0.2, 0.25) is 12.7 Å². The molecular formula is C32H30F3N3O4. The Balaban J connectivity index is 1.38. The Morgan fingerprint density at radius 3 is 2.52 bits per heavy atom. The molecule has 0 saturated heterocycles. The van der Waals surface area contributed by atoms with Crippen molar-refractivity contribution in [3.8, 4) is 11.5 Å². The van der Waals surface area contributed by atoms with E-state index in [1.54, 1.807) is 17.0 Å². The second-order valence-corrected chi connectivity index (χ2v) is 11.6. The van der Waals surface area contributed by atoms with Crippen LogP contribution in [0.5, 0.6) is 11.5 Å². The minimum atomic E-state index is -4.50. The summed E-state index contributed by atoms with van der Waals surface area (Å²) in [5.41, 5.74) is 2.79. The molecule has 0 saturated carbocycles. The largest absolute Gasteiger partial charge is 0.454 e. The Bertz CT molecular complexity index is 1580. The highest BCUT2D eigenvalue weighted by Crippen LogP contribution is 2.48. The number of benzene rings is 3. The number of ketones is 1. The number of carbonyl (C=O) groups excluding carboxylic acids is 2. The highest BCUT2D eigenvalue weighted by molar-refractivity contribution is 6.01. The van der Waals surface area contributed by atoms with Crippen molar-refractivity contribution in [1.29, 1.82) is 0 Å². The molecule has 10 heteroatoms. The molecule has 218 valence electrons. The lowest BCUT2D eigenvalue weighted by Crippen LogP contribution is -2.41. The maximum absolute atomic E-state index is 13.8. The van der Waals surface area contributed by atoms with Gasteiger partial charge < -0.3 is 25.0 Å². The number of alkyl halides is 3. The summed E-state index contributed by atoms with van der Waals surface area (Å²) in [6.45, 7) is 4.27. The van der Waals surface area contributed by atoms with E-state index in [0.29, 0.717) is 40.4 Å². The van der Waals surface area contributed by atoms with Crippen molar-refractivity contribution in [2.75, 3.05) is 23.6 Å². The molecule has 7 nitrogen and oxygen atoms in total. The molecule has 42 heavy (non-hydrogen) atoms. The van der Waals surface area contributed by atoms with Crippen molar-refractivity contribution in [2.45, 2.75) is 45.5 Å². The summed E-state index contributed by atoms with van der Waals surface area (Å²) in [5.74, 6) is 0.835. The number of nitrogens with one attached hydrogen (secondary N) is 2. The number of carbonyl (C=O) groups is 2. The van der Waals surface area contributed by atoms with Crippen LogP contribution in [-0.4, -0.2) is 25.0 Å². The molecule has 0 aromatic heterocycles. The summed E-state index contributed by atoms with van der Waals surface area (Å²) in [5, 5.41) is 6.39. The van der Waals surface area contributed by atoms with E-state index in [1.165, 1.54) is 12.1 Å². The molecule has 1 unspecified atom stereocenters. The van der Waals surface area contributed by atoms with E-state index in [2.05, 4.69) is 10.6 Å². The van der Waals surface area contributed by atoms with Crippen LogP contribution in [0, 0.1) is 5.41 Å². The van der Waals surface area contributed by atoms with Gasteiger partial charge in [0.25, 0.3) is 0 Å². The van der Waals surface area contributed by atoms with Gasteiger partial charge in [-0.2, -0.15) is 13.2 Å². The van der Waals surface area contributed by atoms with Gasteiger partial charge in [0.05, 0.1) is 29.5 Å². The maximum atomic E-state index is 13.8. The summed E-state index contributed by atoms with van der Waals surface area (Å²) in [4.78, 5) is 29.0. The second kappa shape index (κ2) is 10.4. The molecule has 0 bridgehead atoms. The number of fused-ring (bicyclic) bond motifs is 2. The van der Waals surface area contributed by atoms with Gasteiger partial charge in [-0.3, -0.25) is 9.59 Å². The molecule has 2 N–H and O–H groups in total. The maximum Gasteiger partial charge on any atom is 0.416 e. The average Bonchev–Trinajstić information content (AvgIpc) is 3.35. The summed E-state index contributed by atoms with van der Waals surface area (Å²) >= 11 is 0. The molecule has 1 amide bonds. The number of Topliss-reactive ketones (excluding diaryl/α,β-unsaturated/α-hetero) is 1. The van der Waals surface area contributed by atoms with Crippen LogP contribution in [0.2, 0.25) is 0 Å². The first kappa shape index (κ1) is 27.7. The number of amides is 1. The fourth-order valence-electron chi connectivity index (χ4n) is 5.89. The monoisotopic (exact) mass is 577 g/mol. The summed E-state index contributed by atoms with van der Waals surface area (Å²) in [7, 11) is 0. The van der Waals surface area contributed by atoms with E-state index >= 15 is 0 Å². The fourth-order valence-corrected chi connectivity index (χ4v) is 5.89. The van der Waals surface area contributed by atoms with Crippen molar-refractivity contribution in [1.82, 2.24) is 5.32 Å². The minimum Gasteiger partial charge on any atom is -0.454 e. The number of hydrogen-bond donors (Lipinski definition) is 2. The third-order valence-electron chi connectivity index (χ3n) is 7.80. The van der Waals surface area contributed by atoms with E-state index in [1.807, 2.05) is 44.2 Å². The van der Waals surface area contributed by atoms with Gasteiger partial charge in [-0.05, 0) is 59.4 Å². The zero-order chi connectivity index (χ0) is 29.6. The van der Waals surface area contributed by atoms with Crippen molar-refractivity contribution >= 4 is 23.1 Å². The van der Waals surface area contributed by atoms with Gasteiger partial charge in [-0.25, -0.2) is 0 Å². The van der Waals surface area contributed by atoms with Crippen molar-refractivity contribution in [3.05, 3.63) is 94.7 Å². The molecule has 0 spiro atoms. The Labute approximate surface area is 241 Å². The van der Waals surface area contributed by atoms with Crippen LogP contribution in [0.15, 0.2) is 78.0 Å². The second-order valence-electron chi connectivity index (χ2n) is 11.6. The minimum absolute atomic E-state index is 0.0998. The third kappa shape index (κ3) is 5.41. The molecule has 1 aliphatic carbocycles. The van der Waals surface area contributed by atoms with Crippen LogP contribution in [0.1, 0.15) is 49.4 Å². The van der Waals surface area contributed by atoms with Crippen molar-refractivity contribution < 1.29 is 32.2 Å². The number of anilines is 2. The number of ether oxygens (including phenoxy) is 2. The Morgan fingerprint density at radius 1 is 1.02 bits per heavy atom. The first-order valence-electron chi connectivity index (χ1n) is 13.7. The van der Waals surface area contributed by atoms with E-state index < -0.39 is 17.8 Å². The van der Waals surface area contributed by atoms with Crippen LogP contribution in [0.3, 0.4) is 0 Å². The Morgan fingerprint density at radius 2 is 1.76 bits per heavy atom. The average molecular weight is 578 g/mol. The SMILES string of the molecule is CC1(C)CC(=O)C2=C(C1)Nc1ccccc1N(CC(=O)NCc1ccc3c(c1)OCO3)C2c1ccc(C(F)(F)F)cc1. The van der Waals surface area contributed by atoms with Gasteiger partial charge in [0, 0.05) is 24.2 Å². The third-order valence-corrected chi connectivity index (χ3v) is 7.80. The van der Waals surface area contributed by atoms with Crippen LogP contribution < -0.4 is 25.0 Å². The summed E-state index contributed by atoms with van der Waals surface area (Å²) in [6.07, 6.45) is -3.64. The topological polar surface area (TPSA) is 79.9 Å². The smallest absolute Gasteiger partial charge is 0.416 e. The van der Waals surface area contributed by atoms with E-state index in [-0.39, 0.29) is 43.4 Å². The van der Waals surface area contributed by atoms with E-state index in [9.17, 15) is 22.8 Å². The van der Waals surface area contributed by atoms with Crippen molar-refractivity contribution in [2.24, 2.45) is 5.41 Å². The predicted molar refractivity (Wildman–Crippen MR) is 151 cm³/mol. The van der Waals surface area contributed by atoms with Gasteiger partial charge >= 0.3 is 6.18 Å². The summed E-state index contributed by atoms with van der Waals surface area (Å²) in [6, 6.07) is 16.9. The number of rotatable bonds is 5. The Hall–Kier alpha value is -4.47. The summed E-state index contributed by atoms with van der Waals surface area (Å²) < 4.78 is 51.1. The van der Waals surface area contributed by atoms with Gasteiger partial charge in [-0.1, -0.05) is 44.2 Å². The first-order valence-corrected chi connectivity index (χ1v) is 13.7. The quantitative estimate of drug-likeness (QED) is 0.367. The molecule has 0 radical (unpaired) electrons. The highest BCUT2D eigenvalue weighted by atomic mass is 19.4. The number of allylic oxidation sites excluding steroid dienone is 1. The zero-order valence-electron chi connectivity index (χ0n) is 23.2. The molecule has 6 rings (SSSR count). The normalized spacial score (nSPS) is 19.0. The molecule has 3 aliphatic rings. The van der Waals surface area contributed by atoms with Crippen LogP contribution in [0.4, 0.5) is 24.5 Å².